The molecule has 1 heterocycles. The Kier molecular flexibility index (Phi) is 2.18. The van der Waals surface area contributed by atoms with E-state index in [-0.39, 0.29) is 0 Å². The number of nitrogens with zero attached hydrogens (tertiary/aromatic N) is 3. The molecule has 1 aromatic carbocycles. The molecule has 0 saturated carbocycles. The summed E-state index contributed by atoms with van der Waals surface area (Å²) in [5.41, 5.74) is 1.17. The third-order valence-electron chi connectivity index (χ3n) is 1.64. The quantitative estimate of drug-likeness (QED) is 0.731. The Labute approximate surface area is 80.2 Å². The van der Waals surface area contributed by atoms with E-state index in [4.69, 9.17) is 12.2 Å². The summed E-state index contributed by atoms with van der Waals surface area (Å²) in [6, 6.07) is 10.0. The number of aromatic amines is 1. The lowest BCUT2D eigenvalue weighted by molar-refractivity contribution is 0.572. The van der Waals surface area contributed by atoms with Gasteiger partial charge in [0.25, 0.3) is 0 Å². The summed E-state index contributed by atoms with van der Waals surface area (Å²) < 4.78 is 0.413. The molecule has 2 rings (SSSR count). The van der Waals surface area contributed by atoms with Crippen LogP contribution >= 0.6 is 12.2 Å². The molecule has 13 heavy (non-hydrogen) atoms. The predicted molar refractivity (Wildman–Crippen MR) is 50.8 cm³/mol. The van der Waals surface area contributed by atoms with Crippen LogP contribution in [0.4, 0.5) is 0 Å². The van der Waals surface area contributed by atoms with Crippen molar-refractivity contribution in [1.82, 2.24) is 20.2 Å². The minimum atomic E-state index is 0.413. The molecule has 2 aromatic rings. The normalized spacial score (nSPS) is 10.2. The van der Waals surface area contributed by atoms with E-state index in [2.05, 4.69) is 15.4 Å². The van der Waals surface area contributed by atoms with Crippen LogP contribution in [-0.4, -0.2) is 20.2 Å². The fraction of sp³-hybridized carbons (Fsp3) is 0.125. The maximum absolute atomic E-state index is 4.80. The van der Waals surface area contributed by atoms with Crippen LogP contribution in [0.1, 0.15) is 5.56 Å². The molecule has 0 aliphatic rings. The summed E-state index contributed by atoms with van der Waals surface area (Å²) in [5, 5.41) is 10.3. The Balaban J connectivity index is 2.20. The average Bonchev–Trinajstić information content (AvgIpc) is 2.53. The molecule has 0 atom stereocenters. The van der Waals surface area contributed by atoms with Crippen molar-refractivity contribution >= 4 is 12.2 Å². The summed E-state index contributed by atoms with van der Waals surface area (Å²) >= 11 is 4.80. The molecule has 0 saturated heterocycles. The first-order valence-corrected chi connectivity index (χ1v) is 4.29. The van der Waals surface area contributed by atoms with E-state index < -0.39 is 0 Å². The summed E-state index contributed by atoms with van der Waals surface area (Å²) in [6.45, 7) is 0.671. The van der Waals surface area contributed by atoms with E-state index >= 15 is 0 Å². The van der Waals surface area contributed by atoms with Crippen LogP contribution in [0.25, 0.3) is 0 Å². The highest BCUT2D eigenvalue weighted by molar-refractivity contribution is 7.71. The summed E-state index contributed by atoms with van der Waals surface area (Å²) in [4.78, 5) is 1.61. The van der Waals surface area contributed by atoms with Gasteiger partial charge in [0.1, 0.15) is 0 Å². The Bertz CT molecular complexity index is 431. The van der Waals surface area contributed by atoms with Crippen LogP contribution in [0, 0.1) is 4.77 Å². The van der Waals surface area contributed by atoms with Crippen LogP contribution in [0.5, 0.6) is 0 Å². The lowest BCUT2D eigenvalue weighted by Gasteiger charge is -1.98. The Morgan fingerprint density at radius 3 is 2.69 bits per heavy atom. The fourth-order valence-electron chi connectivity index (χ4n) is 1.08. The number of tetrazole rings is 1. The number of hydrogen-bond donors (Lipinski definition) is 1. The van der Waals surface area contributed by atoms with Gasteiger partial charge in [-0.1, -0.05) is 35.4 Å². The van der Waals surface area contributed by atoms with Gasteiger partial charge in [-0.15, -0.1) is 0 Å². The molecule has 1 aromatic heterocycles. The predicted octanol–water partition coefficient (Wildman–Crippen LogP) is 1.38. The van der Waals surface area contributed by atoms with Gasteiger partial charge in [0, 0.05) is 0 Å². The van der Waals surface area contributed by atoms with Crippen LogP contribution in [0.2, 0.25) is 0 Å². The van der Waals surface area contributed by atoms with Gasteiger partial charge in [-0.25, -0.2) is 0 Å². The van der Waals surface area contributed by atoms with Crippen molar-refractivity contribution in [2.24, 2.45) is 0 Å². The third-order valence-corrected chi connectivity index (χ3v) is 1.82. The van der Waals surface area contributed by atoms with Gasteiger partial charge >= 0.3 is 0 Å². The molecular formula is C8H8N4S. The summed E-state index contributed by atoms with van der Waals surface area (Å²) in [6.07, 6.45) is 0. The molecule has 0 radical (unpaired) electrons. The number of hydrogen-bond acceptors (Lipinski definition) is 3. The zero-order valence-electron chi connectivity index (χ0n) is 6.84. The average molecular weight is 192 g/mol. The molecule has 0 fully saturated rings. The van der Waals surface area contributed by atoms with Crippen LogP contribution in [0.15, 0.2) is 30.3 Å². The van der Waals surface area contributed by atoms with Gasteiger partial charge in [-0.05, 0) is 23.0 Å². The first-order chi connectivity index (χ1) is 6.34. The van der Waals surface area contributed by atoms with Crippen molar-refractivity contribution < 1.29 is 0 Å². The number of rotatable bonds is 2. The van der Waals surface area contributed by atoms with Gasteiger partial charge < -0.3 is 0 Å². The first-order valence-electron chi connectivity index (χ1n) is 3.88. The minimum absolute atomic E-state index is 0.413. The van der Waals surface area contributed by atoms with Crippen molar-refractivity contribution in [3.8, 4) is 0 Å². The topological polar surface area (TPSA) is 46.5 Å². The van der Waals surface area contributed by atoms with E-state index in [1.54, 1.807) is 4.80 Å². The molecular weight excluding hydrogens is 184 g/mol. The summed E-state index contributed by atoms with van der Waals surface area (Å²) in [7, 11) is 0. The van der Waals surface area contributed by atoms with Crippen molar-refractivity contribution in [1.29, 1.82) is 0 Å². The second-order valence-electron chi connectivity index (χ2n) is 2.65. The first kappa shape index (κ1) is 8.12. The second-order valence-corrected chi connectivity index (χ2v) is 3.04. The van der Waals surface area contributed by atoms with E-state index in [0.717, 1.165) is 0 Å². The SMILES string of the molecule is S=c1nnn(Cc2ccccc2)[nH]1. The molecule has 4 nitrogen and oxygen atoms in total. The number of nitrogens with one attached hydrogen (secondary N) is 1. The molecule has 0 bridgehead atoms. The van der Waals surface area contributed by atoms with E-state index in [0.29, 0.717) is 11.3 Å². The van der Waals surface area contributed by atoms with Gasteiger partial charge in [0.2, 0.25) is 4.77 Å². The standard InChI is InChI=1S/C8H8N4S/c13-8-9-11-12(10-8)6-7-4-2-1-3-5-7/h1-5H,6H2,(H,10,13). The number of aromatic nitrogens is 4. The van der Waals surface area contributed by atoms with Crippen molar-refractivity contribution in [2.45, 2.75) is 6.54 Å². The largest absolute Gasteiger partial charge is 0.253 e. The molecule has 0 aliphatic heterocycles. The maximum atomic E-state index is 4.80. The molecule has 0 spiro atoms. The smallest absolute Gasteiger partial charge is 0.235 e. The second kappa shape index (κ2) is 3.49. The van der Waals surface area contributed by atoms with Gasteiger partial charge in [-0.3, -0.25) is 5.10 Å². The van der Waals surface area contributed by atoms with Crippen molar-refractivity contribution in [3.05, 3.63) is 40.7 Å². The number of H-pyrrole nitrogens is 1. The highest BCUT2D eigenvalue weighted by atomic mass is 32.1. The van der Waals surface area contributed by atoms with Crippen molar-refractivity contribution in [3.63, 3.8) is 0 Å². The van der Waals surface area contributed by atoms with E-state index in [9.17, 15) is 0 Å². The molecule has 0 unspecified atom stereocenters. The molecule has 5 heteroatoms. The monoisotopic (exact) mass is 192 g/mol. The minimum Gasteiger partial charge on any atom is -0.253 e. The van der Waals surface area contributed by atoms with Gasteiger partial charge in [0.15, 0.2) is 0 Å². The highest BCUT2D eigenvalue weighted by Gasteiger charge is 1.94. The fourth-order valence-corrected chi connectivity index (χ4v) is 1.22. The lowest BCUT2D eigenvalue weighted by atomic mass is 10.2. The molecule has 66 valence electrons. The van der Waals surface area contributed by atoms with Gasteiger partial charge in [0.05, 0.1) is 6.54 Å². The maximum Gasteiger partial charge on any atom is 0.235 e. The van der Waals surface area contributed by atoms with E-state index in [1.807, 2.05) is 30.3 Å². The highest BCUT2D eigenvalue weighted by Crippen LogP contribution is 1.98. The molecule has 1 N–H and O–H groups in total. The van der Waals surface area contributed by atoms with Crippen LogP contribution in [-0.2, 0) is 6.54 Å². The van der Waals surface area contributed by atoms with Crippen molar-refractivity contribution in [2.75, 3.05) is 0 Å². The van der Waals surface area contributed by atoms with Gasteiger partial charge in [-0.2, -0.15) is 4.80 Å². The number of benzene rings is 1. The summed E-state index contributed by atoms with van der Waals surface area (Å²) in [5.74, 6) is 0. The van der Waals surface area contributed by atoms with Crippen LogP contribution in [0.3, 0.4) is 0 Å². The molecule has 0 aliphatic carbocycles. The molecule has 0 amide bonds. The Hall–Kier alpha value is -1.49. The van der Waals surface area contributed by atoms with Crippen LogP contribution < -0.4 is 0 Å². The van der Waals surface area contributed by atoms with E-state index in [1.165, 1.54) is 5.56 Å². The zero-order valence-corrected chi connectivity index (χ0v) is 7.66. The lowest BCUT2D eigenvalue weighted by Crippen LogP contribution is -2.03. The Morgan fingerprint density at radius 2 is 2.08 bits per heavy atom. The Morgan fingerprint density at radius 1 is 1.31 bits per heavy atom. The zero-order chi connectivity index (χ0) is 9.10. The third kappa shape index (κ3) is 2.00.